The lowest BCUT2D eigenvalue weighted by Crippen LogP contribution is -2.12. The number of rotatable bonds is 5. The topological polar surface area (TPSA) is 80.3 Å². The quantitative estimate of drug-likeness (QED) is 0.685. The Balaban J connectivity index is 1.80. The summed E-state index contributed by atoms with van der Waals surface area (Å²) in [6.45, 7) is 0. The molecule has 1 aromatic heterocycles. The van der Waals surface area contributed by atoms with Crippen molar-refractivity contribution in [2.24, 2.45) is 0 Å². The van der Waals surface area contributed by atoms with E-state index >= 15 is 0 Å². The van der Waals surface area contributed by atoms with Gasteiger partial charge in [-0.15, -0.1) is 0 Å². The van der Waals surface area contributed by atoms with Crippen molar-refractivity contribution in [2.45, 2.75) is 0 Å². The summed E-state index contributed by atoms with van der Waals surface area (Å²) >= 11 is 0. The minimum Gasteiger partial charge on any atom is -0.465 e. The molecule has 0 aliphatic rings. The number of carbonyl (C=O) groups is 2. The van der Waals surface area contributed by atoms with Gasteiger partial charge in [0.05, 0.1) is 35.8 Å². The third-order valence-corrected chi connectivity index (χ3v) is 3.64. The number of aromatic nitrogens is 1. The fraction of sp³-hybridized carbons (Fsp3) is 0.0500. The van der Waals surface area contributed by atoms with E-state index in [9.17, 15) is 9.59 Å². The third-order valence-electron chi connectivity index (χ3n) is 3.64. The number of carbonyl (C=O) groups excluding carboxylic acids is 2. The van der Waals surface area contributed by atoms with Crippen LogP contribution in [0.2, 0.25) is 0 Å². The molecule has 0 unspecified atom stereocenters. The molecule has 6 nitrogen and oxygen atoms in total. The second-order valence-electron chi connectivity index (χ2n) is 5.44. The molecule has 1 heterocycles. The predicted octanol–water partition coefficient (Wildman–Crippen LogP) is 3.86. The molecule has 130 valence electrons. The number of pyridine rings is 1. The number of hydrogen-bond donors (Lipinski definition) is 2. The molecule has 2 N–H and O–H groups in total. The molecule has 2 aromatic carbocycles. The second kappa shape index (κ2) is 7.94. The molecule has 0 aliphatic carbocycles. The average Bonchev–Trinajstić information content (AvgIpc) is 2.69. The molecule has 0 bridgehead atoms. The highest BCUT2D eigenvalue weighted by atomic mass is 16.5. The number of hydrogen-bond acceptors (Lipinski definition) is 5. The predicted molar refractivity (Wildman–Crippen MR) is 99.7 cm³/mol. The third kappa shape index (κ3) is 4.05. The summed E-state index contributed by atoms with van der Waals surface area (Å²) in [5.41, 5.74) is 2.65. The van der Waals surface area contributed by atoms with Crippen LogP contribution in [0.4, 0.5) is 17.1 Å². The molecule has 1 amide bonds. The van der Waals surface area contributed by atoms with Crippen molar-refractivity contribution in [3.63, 3.8) is 0 Å². The van der Waals surface area contributed by atoms with Crippen LogP contribution in [0.5, 0.6) is 0 Å². The first-order chi connectivity index (χ1) is 12.7. The molecule has 0 saturated heterocycles. The summed E-state index contributed by atoms with van der Waals surface area (Å²) in [6, 6.07) is 17.8. The number of para-hydroxylation sites is 2. The highest BCUT2D eigenvalue weighted by molar-refractivity contribution is 6.04. The maximum atomic E-state index is 12.4. The molecule has 3 rings (SSSR count). The van der Waals surface area contributed by atoms with Crippen LogP contribution in [0, 0.1) is 0 Å². The second-order valence-corrected chi connectivity index (χ2v) is 5.44. The molecule has 0 fully saturated rings. The van der Waals surface area contributed by atoms with Crippen LogP contribution in [0.15, 0.2) is 73.1 Å². The number of esters is 1. The molecule has 26 heavy (non-hydrogen) atoms. The van der Waals surface area contributed by atoms with Gasteiger partial charge in [-0.1, -0.05) is 30.3 Å². The van der Waals surface area contributed by atoms with Crippen LogP contribution in [-0.4, -0.2) is 24.0 Å². The Morgan fingerprint density at radius 3 is 2.42 bits per heavy atom. The molecule has 6 heteroatoms. The summed E-state index contributed by atoms with van der Waals surface area (Å²) in [5, 5.41) is 5.91. The monoisotopic (exact) mass is 347 g/mol. The molecular formula is C20H17N3O3. The Morgan fingerprint density at radius 1 is 0.923 bits per heavy atom. The van der Waals surface area contributed by atoms with E-state index in [2.05, 4.69) is 15.6 Å². The summed E-state index contributed by atoms with van der Waals surface area (Å²) in [6.07, 6.45) is 3.06. The van der Waals surface area contributed by atoms with Gasteiger partial charge in [0.1, 0.15) is 0 Å². The number of nitrogens with one attached hydrogen (secondary N) is 2. The number of amides is 1. The van der Waals surface area contributed by atoms with E-state index in [1.807, 2.05) is 18.2 Å². The van der Waals surface area contributed by atoms with Crippen LogP contribution in [0.3, 0.4) is 0 Å². The van der Waals surface area contributed by atoms with Gasteiger partial charge in [-0.25, -0.2) is 4.79 Å². The van der Waals surface area contributed by atoms with Gasteiger partial charge in [0.25, 0.3) is 5.91 Å². The lowest BCUT2D eigenvalue weighted by molar-refractivity contribution is 0.0601. The SMILES string of the molecule is COC(=O)c1ccccc1Nc1cncc(C(=O)Nc2ccccc2)c1. The van der Waals surface area contributed by atoms with Gasteiger partial charge < -0.3 is 15.4 Å². The fourth-order valence-corrected chi connectivity index (χ4v) is 2.39. The Labute approximate surface area is 150 Å². The largest absolute Gasteiger partial charge is 0.465 e. The van der Waals surface area contributed by atoms with Crippen molar-refractivity contribution in [3.8, 4) is 0 Å². The van der Waals surface area contributed by atoms with Crippen LogP contribution in [0.25, 0.3) is 0 Å². The van der Waals surface area contributed by atoms with Gasteiger partial charge in [-0.05, 0) is 30.3 Å². The van der Waals surface area contributed by atoms with Gasteiger partial charge in [-0.3, -0.25) is 9.78 Å². The zero-order chi connectivity index (χ0) is 18.4. The number of ether oxygens (including phenoxy) is 1. The van der Waals surface area contributed by atoms with E-state index in [0.717, 1.165) is 0 Å². The van der Waals surface area contributed by atoms with Gasteiger partial charge in [0, 0.05) is 11.9 Å². The smallest absolute Gasteiger partial charge is 0.339 e. The van der Waals surface area contributed by atoms with E-state index in [1.54, 1.807) is 48.7 Å². The lowest BCUT2D eigenvalue weighted by atomic mass is 10.1. The van der Waals surface area contributed by atoms with Crippen molar-refractivity contribution in [3.05, 3.63) is 84.2 Å². The molecule has 0 spiro atoms. The highest BCUT2D eigenvalue weighted by Gasteiger charge is 2.12. The van der Waals surface area contributed by atoms with E-state index in [1.165, 1.54) is 13.3 Å². The van der Waals surface area contributed by atoms with Crippen LogP contribution in [0.1, 0.15) is 20.7 Å². The van der Waals surface area contributed by atoms with Gasteiger partial charge >= 0.3 is 5.97 Å². The Hall–Kier alpha value is -3.67. The molecule has 0 radical (unpaired) electrons. The van der Waals surface area contributed by atoms with E-state index in [0.29, 0.717) is 28.2 Å². The number of methoxy groups -OCH3 is 1. The molecule has 0 atom stereocenters. The highest BCUT2D eigenvalue weighted by Crippen LogP contribution is 2.22. The Bertz CT molecular complexity index is 926. The first-order valence-corrected chi connectivity index (χ1v) is 7.93. The molecule has 0 aliphatic heterocycles. The fourth-order valence-electron chi connectivity index (χ4n) is 2.39. The zero-order valence-corrected chi connectivity index (χ0v) is 14.1. The van der Waals surface area contributed by atoms with Crippen molar-refractivity contribution in [1.82, 2.24) is 4.98 Å². The number of nitrogens with zero attached hydrogens (tertiary/aromatic N) is 1. The summed E-state index contributed by atoms with van der Waals surface area (Å²) < 4.78 is 4.78. The summed E-state index contributed by atoms with van der Waals surface area (Å²) in [5.74, 6) is -0.715. The van der Waals surface area contributed by atoms with Crippen molar-refractivity contribution < 1.29 is 14.3 Å². The molecular weight excluding hydrogens is 330 g/mol. The lowest BCUT2D eigenvalue weighted by Gasteiger charge is -2.11. The maximum absolute atomic E-state index is 12.4. The zero-order valence-electron chi connectivity index (χ0n) is 14.1. The van der Waals surface area contributed by atoms with E-state index in [4.69, 9.17) is 4.74 Å². The Kier molecular flexibility index (Phi) is 5.24. The van der Waals surface area contributed by atoms with E-state index < -0.39 is 5.97 Å². The summed E-state index contributed by atoms with van der Waals surface area (Å²) in [4.78, 5) is 28.3. The molecule has 3 aromatic rings. The minimum atomic E-state index is -0.445. The number of benzene rings is 2. The Morgan fingerprint density at radius 2 is 1.65 bits per heavy atom. The average molecular weight is 347 g/mol. The minimum absolute atomic E-state index is 0.270. The van der Waals surface area contributed by atoms with Gasteiger partial charge in [0.15, 0.2) is 0 Å². The normalized spacial score (nSPS) is 10.0. The van der Waals surface area contributed by atoms with Crippen LogP contribution >= 0.6 is 0 Å². The summed E-state index contributed by atoms with van der Waals surface area (Å²) in [7, 11) is 1.33. The van der Waals surface area contributed by atoms with Gasteiger partial charge in [-0.2, -0.15) is 0 Å². The first-order valence-electron chi connectivity index (χ1n) is 7.93. The maximum Gasteiger partial charge on any atom is 0.339 e. The van der Waals surface area contributed by atoms with Crippen molar-refractivity contribution in [2.75, 3.05) is 17.7 Å². The first kappa shape index (κ1) is 17.2. The van der Waals surface area contributed by atoms with E-state index in [-0.39, 0.29) is 5.91 Å². The van der Waals surface area contributed by atoms with Crippen molar-refractivity contribution in [1.29, 1.82) is 0 Å². The van der Waals surface area contributed by atoms with Crippen molar-refractivity contribution >= 4 is 28.9 Å². The van der Waals surface area contributed by atoms with Crippen LogP contribution in [-0.2, 0) is 4.74 Å². The number of anilines is 3. The molecule has 0 saturated carbocycles. The standard InChI is InChI=1S/C20H17N3O3/c1-26-20(25)17-9-5-6-10-18(17)22-16-11-14(12-21-13-16)19(24)23-15-7-3-2-4-8-15/h2-13,22H,1H3,(H,23,24). The van der Waals surface area contributed by atoms with Gasteiger partial charge in [0.2, 0.25) is 0 Å². The van der Waals surface area contributed by atoms with Crippen LogP contribution < -0.4 is 10.6 Å².